The molecule has 0 radical (unpaired) electrons. The van der Waals surface area contributed by atoms with Crippen LogP contribution in [0.15, 0.2) is 0 Å². The van der Waals surface area contributed by atoms with Crippen LogP contribution in [0, 0.1) is 17.3 Å². The highest BCUT2D eigenvalue weighted by Crippen LogP contribution is 2.45. The van der Waals surface area contributed by atoms with Crippen LogP contribution in [0.3, 0.4) is 0 Å². The molecule has 0 aromatic carbocycles. The monoisotopic (exact) mass is 246 g/mol. The highest BCUT2D eigenvalue weighted by molar-refractivity contribution is 9.09. The molecule has 1 heteroatoms. The molecule has 13 heavy (non-hydrogen) atoms. The molecule has 0 nitrogen and oxygen atoms in total. The highest BCUT2D eigenvalue weighted by Gasteiger charge is 2.37. The Morgan fingerprint density at radius 3 is 2.31 bits per heavy atom. The first-order valence-corrected chi connectivity index (χ1v) is 6.51. The van der Waals surface area contributed by atoms with Gasteiger partial charge in [-0.25, -0.2) is 0 Å². The van der Waals surface area contributed by atoms with Crippen LogP contribution in [-0.2, 0) is 0 Å². The maximum absolute atomic E-state index is 3.88. The average Bonchev–Trinajstić information content (AvgIpc) is 2.02. The number of hydrogen-bond donors (Lipinski definition) is 0. The molecule has 78 valence electrons. The van der Waals surface area contributed by atoms with E-state index in [9.17, 15) is 0 Å². The molecular weight excluding hydrogens is 224 g/mol. The van der Waals surface area contributed by atoms with Gasteiger partial charge in [0.15, 0.2) is 0 Å². The summed E-state index contributed by atoms with van der Waals surface area (Å²) in [5.41, 5.74) is 0.552. The summed E-state index contributed by atoms with van der Waals surface area (Å²) in [5.74, 6) is 1.64. The third kappa shape index (κ3) is 2.71. The van der Waals surface area contributed by atoms with Gasteiger partial charge >= 0.3 is 0 Å². The van der Waals surface area contributed by atoms with E-state index in [1.54, 1.807) is 0 Å². The summed E-state index contributed by atoms with van der Waals surface area (Å²) in [4.78, 5) is 0.711. The highest BCUT2D eigenvalue weighted by atomic mass is 79.9. The topological polar surface area (TPSA) is 0 Å². The van der Waals surface area contributed by atoms with E-state index < -0.39 is 0 Å². The van der Waals surface area contributed by atoms with Gasteiger partial charge in [-0.3, -0.25) is 0 Å². The lowest BCUT2D eigenvalue weighted by molar-refractivity contribution is 0.125. The number of rotatable bonds is 2. The molecular formula is C12H23Br. The lowest BCUT2D eigenvalue weighted by atomic mass is 9.66. The fourth-order valence-corrected chi connectivity index (χ4v) is 3.56. The van der Waals surface area contributed by atoms with Crippen LogP contribution in [0.25, 0.3) is 0 Å². The smallest absolute Gasteiger partial charge is 0.0202 e. The minimum absolute atomic E-state index is 0.552. The Kier molecular flexibility index (Phi) is 3.85. The quantitative estimate of drug-likeness (QED) is 0.624. The molecule has 0 saturated heterocycles. The van der Waals surface area contributed by atoms with E-state index in [0.717, 1.165) is 11.8 Å². The van der Waals surface area contributed by atoms with Crippen molar-refractivity contribution in [1.82, 2.24) is 0 Å². The van der Waals surface area contributed by atoms with Crippen molar-refractivity contribution in [3.8, 4) is 0 Å². The van der Waals surface area contributed by atoms with Gasteiger partial charge in [0, 0.05) is 4.83 Å². The largest absolute Gasteiger partial charge is 0.0885 e. The second kappa shape index (κ2) is 4.33. The third-order valence-corrected chi connectivity index (χ3v) is 5.31. The normalized spacial score (nSPS) is 30.5. The molecule has 1 rings (SSSR count). The summed E-state index contributed by atoms with van der Waals surface area (Å²) >= 11 is 3.88. The van der Waals surface area contributed by atoms with Crippen LogP contribution < -0.4 is 0 Å². The van der Waals surface area contributed by atoms with Gasteiger partial charge in [0.1, 0.15) is 0 Å². The molecule has 0 aliphatic heterocycles. The van der Waals surface area contributed by atoms with Gasteiger partial charge in [-0.15, -0.1) is 0 Å². The molecule has 1 fully saturated rings. The summed E-state index contributed by atoms with van der Waals surface area (Å²) in [7, 11) is 0. The Bertz CT molecular complexity index is 161. The van der Waals surface area contributed by atoms with Crippen molar-refractivity contribution in [3.63, 3.8) is 0 Å². The zero-order chi connectivity index (χ0) is 10.1. The van der Waals surface area contributed by atoms with Crippen molar-refractivity contribution in [3.05, 3.63) is 0 Å². The van der Waals surface area contributed by atoms with Crippen molar-refractivity contribution in [1.29, 1.82) is 0 Å². The number of hydrogen-bond acceptors (Lipinski definition) is 0. The van der Waals surface area contributed by atoms with Gasteiger partial charge in [0.05, 0.1) is 0 Å². The van der Waals surface area contributed by atoms with E-state index >= 15 is 0 Å². The van der Waals surface area contributed by atoms with E-state index in [-0.39, 0.29) is 0 Å². The number of halogens is 1. The zero-order valence-corrected chi connectivity index (χ0v) is 11.0. The second-order valence-electron chi connectivity index (χ2n) is 5.53. The molecule has 0 N–H and O–H groups in total. The van der Waals surface area contributed by atoms with Crippen LogP contribution in [0.2, 0.25) is 0 Å². The Morgan fingerprint density at radius 1 is 1.23 bits per heavy atom. The van der Waals surface area contributed by atoms with Gasteiger partial charge in [-0.1, -0.05) is 56.5 Å². The first kappa shape index (κ1) is 11.6. The molecule has 2 unspecified atom stereocenters. The summed E-state index contributed by atoms with van der Waals surface area (Å²) in [6.07, 6.45) is 5.69. The van der Waals surface area contributed by atoms with Crippen molar-refractivity contribution >= 4 is 15.9 Å². The van der Waals surface area contributed by atoms with Crippen molar-refractivity contribution in [2.45, 2.75) is 58.2 Å². The first-order valence-electron chi connectivity index (χ1n) is 5.59. The fourth-order valence-electron chi connectivity index (χ4n) is 2.58. The molecule has 2 atom stereocenters. The maximum Gasteiger partial charge on any atom is 0.0202 e. The first-order chi connectivity index (χ1) is 5.95. The van der Waals surface area contributed by atoms with Gasteiger partial charge in [0.25, 0.3) is 0 Å². The van der Waals surface area contributed by atoms with Crippen LogP contribution in [-0.4, -0.2) is 4.83 Å². The fraction of sp³-hybridized carbons (Fsp3) is 1.00. The van der Waals surface area contributed by atoms with Crippen LogP contribution in [0.5, 0.6) is 0 Å². The summed E-state index contributed by atoms with van der Waals surface area (Å²) < 4.78 is 0. The van der Waals surface area contributed by atoms with Gasteiger partial charge < -0.3 is 0 Å². The van der Waals surface area contributed by atoms with E-state index in [1.807, 2.05) is 0 Å². The Balaban J connectivity index is 2.65. The standard InChI is InChI=1S/C12H23Br/c1-9(2)11(13)10-7-5-6-8-12(10,3)4/h9-11H,5-8H2,1-4H3. The molecule has 0 aromatic heterocycles. The SMILES string of the molecule is CC(C)C(Br)C1CCCCC1(C)C. The van der Waals surface area contributed by atoms with Gasteiger partial charge in [-0.05, 0) is 30.1 Å². The van der Waals surface area contributed by atoms with Crippen LogP contribution in [0.1, 0.15) is 53.4 Å². The molecule has 0 bridgehead atoms. The lowest BCUT2D eigenvalue weighted by Gasteiger charge is -2.42. The minimum atomic E-state index is 0.552. The Morgan fingerprint density at radius 2 is 1.85 bits per heavy atom. The summed E-state index contributed by atoms with van der Waals surface area (Å²) in [6, 6.07) is 0. The predicted molar refractivity (Wildman–Crippen MR) is 63.3 cm³/mol. The molecule has 0 heterocycles. The molecule has 1 aliphatic rings. The van der Waals surface area contributed by atoms with Gasteiger partial charge in [0.2, 0.25) is 0 Å². The second-order valence-corrected chi connectivity index (χ2v) is 6.59. The molecule has 1 saturated carbocycles. The maximum atomic E-state index is 3.88. The van der Waals surface area contributed by atoms with E-state index in [4.69, 9.17) is 0 Å². The van der Waals surface area contributed by atoms with Crippen LogP contribution in [0.4, 0.5) is 0 Å². The Labute approximate surface area is 91.6 Å². The van der Waals surface area contributed by atoms with Gasteiger partial charge in [-0.2, -0.15) is 0 Å². The number of alkyl halides is 1. The summed E-state index contributed by atoms with van der Waals surface area (Å²) in [5, 5.41) is 0. The zero-order valence-electron chi connectivity index (χ0n) is 9.44. The van der Waals surface area contributed by atoms with E-state index in [2.05, 4.69) is 43.6 Å². The predicted octanol–water partition coefficient (Wildman–Crippen LogP) is 4.62. The van der Waals surface area contributed by atoms with Crippen molar-refractivity contribution in [2.75, 3.05) is 0 Å². The average molecular weight is 247 g/mol. The molecule has 0 aromatic rings. The third-order valence-electron chi connectivity index (χ3n) is 3.61. The van der Waals surface area contributed by atoms with E-state index in [1.165, 1.54) is 25.7 Å². The molecule has 0 amide bonds. The molecule has 1 aliphatic carbocycles. The molecule has 0 spiro atoms. The van der Waals surface area contributed by atoms with Crippen molar-refractivity contribution in [2.24, 2.45) is 17.3 Å². The Hall–Kier alpha value is 0.480. The van der Waals surface area contributed by atoms with Crippen molar-refractivity contribution < 1.29 is 0 Å². The van der Waals surface area contributed by atoms with E-state index in [0.29, 0.717) is 10.2 Å². The summed E-state index contributed by atoms with van der Waals surface area (Å²) in [6.45, 7) is 9.52. The lowest BCUT2D eigenvalue weighted by Crippen LogP contribution is -2.36. The van der Waals surface area contributed by atoms with Crippen LogP contribution >= 0.6 is 15.9 Å². The minimum Gasteiger partial charge on any atom is -0.0885 e.